The van der Waals surface area contributed by atoms with Gasteiger partial charge in [-0.15, -0.1) is 11.3 Å². The molecule has 1 amide bonds. The van der Waals surface area contributed by atoms with Crippen molar-refractivity contribution in [2.75, 3.05) is 11.9 Å². The van der Waals surface area contributed by atoms with Crippen molar-refractivity contribution in [2.24, 2.45) is 0 Å². The number of benzene rings is 1. The highest BCUT2D eigenvalue weighted by molar-refractivity contribution is 7.16. The Balaban J connectivity index is 2.29. The van der Waals surface area contributed by atoms with Crippen molar-refractivity contribution in [1.82, 2.24) is 0 Å². The molecule has 0 bridgehead atoms. The highest BCUT2D eigenvalue weighted by atomic mass is 35.5. The predicted octanol–water partition coefficient (Wildman–Crippen LogP) is 4.53. The van der Waals surface area contributed by atoms with E-state index in [0.29, 0.717) is 10.6 Å². The highest BCUT2D eigenvalue weighted by Crippen LogP contribution is 2.30. The largest absolute Gasteiger partial charge is 0.462 e. The summed E-state index contributed by atoms with van der Waals surface area (Å²) in [5.74, 6) is -1.53. The molecule has 1 aromatic heterocycles. The molecule has 1 heterocycles. The number of aryl methyl sites for hydroxylation is 1. The quantitative estimate of drug-likeness (QED) is 0.801. The van der Waals surface area contributed by atoms with Crippen molar-refractivity contribution < 1.29 is 18.7 Å². The predicted molar refractivity (Wildman–Crippen MR) is 89.0 cm³/mol. The minimum absolute atomic E-state index is 0.00690. The zero-order valence-electron chi connectivity index (χ0n) is 12.6. The number of halogens is 2. The molecule has 0 saturated heterocycles. The van der Waals surface area contributed by atoms with Crippen molar-refractivity contribution in [1.29, 1.82) is 0 Å². The Hall–Kier alpha value is -1.92. The lowest BCUT2D eigenvalue weighted by atomic mass is 10.2. The van der Waals surface area contributed by atoms with E-state index in [1.54, 1.807) is 13.0 Å². The van der Waals surface area contributed by atoms with E-state index >= 15 is 0 Å². The average Bonchev–Trinajstić information content (AvgIpc) is 2.90. The Morgan fingerprint density at radius 3 is 2.61 bits per heavy atom. The minimum atomic E-state index is -0.525. The molecule has 122 valence electrons. The van der Waals surface area contributed by atoms with Gasteiger partial charge in [-0.3, -0.25) is 4.79 Å². The van der Waals surface area contributed by atoms with Crippen molar-refractivity contribution in [3.05, 3.63) is 51.1 Å². The summed E-state index contributed by atoms with van der Waals surface area (Å²) in [4.78, 5) is 25.2. The van der Waals surface area contributed by atoms with Crippen LogP contribution in [0.25, 0.3) is 0 Å². The number of carbonyl (C=O) groups excluding carboxylic acids is 2. The number of ether oxygens (including phenoxy) is 1. The first-order valence-electron chi connectivity index (χ1n) is 7.02. The molecule has 0 atom stereocenters. The maximum atomic E-state index is 13.1. The van der Waals surface area contributed by atoms with Gasteiger partial charge in [0.05, 0.1) is 22.8 Å². The third kappa shape index (κ3) is 4.09. The number of hydrogen-bond donors (Lipinski definition) is 1. The van der Waals surface area contributed by atoms with E-state index in [1.807, 2.05) is 6.92 Å². The van der Waals surface area contributed by atoms with Crippen LogP contribution in [0.4, 0.5) is 9.39 Å². The van der Waals surface area contributed by atoms with E-state index < -0.39 is 17.7 Å². The maximum Gasteiger partial charge on any atom is 0.341 e. The second-order valence-electron chi connectivity index (χ2n) is 4.61. The number of nitrogens with one attached hydrogen (secondary N) is 1. The molecule has 23 heavy (non-hydrogen) atoms. The molecule has 4 nitrogen and oxygen atoms in total. The summed E-state index contributed by atoms with van der Waals surface area (Å²) in [5, 5.41) is 3.05. The number of esters is 1. The van der Waals surface area contributed by atoms with Crippen molar-refractivity contribution in [2.45, 2.75) is 20.3 Å². The van der Waals surface area contributed by atoms with Gasteiger partial charge >= 0.3 is 5.97 Å². The van der Waals surface area contributed by atoms with E-state index in [0.717, 1.165) is 23.4 Å². The topological polar surface area (TPSA) is 55.4 Å². The molecule has 0 aliphatic carbocycles. The number of carbonyl (C=O) groups is 2. The molecule has 1 aromatic carbocycles. The summed E-state index contributed by atoms with van der Waals surface area (Å²) < 4.78 is 18.1. The fourth-order valence-electron chi connectivity index (χ4n) is 1.91. The van der Waals surface area contributed by atoms with Crippen LogP contribution in [0.5, 0.6) is 0 Å². The van der Waals surface area contributed by atoms with Crippen molar-refractivity contribution >= 4 is 39.8 Å². The van der Waals surface area contributed by atoms with Crippen LogP contribution in [-0.4, -0.2) is 18.5 Å². The van der Waals surface area contributed by atoms with Crippen LogP contribution in [-0.2, 0) is 11.2 Å². The maximum absolute atomic E-state index is 13.1. The van der Waals surface area contributed by atoms with E-state index in [-0.39, 0.29) is 17.2 Å². The van der Waals surface area contributed by atoms with Gasteiger partial charge in [0.15, 0.2) is 0 Å². The van der Waals surface area contributed by atoms with Gasteiger partial charge in [-0.1, -0.05) is 18.5 Å². The summed E-state index contributed by atoms with van der Waals surface area (Å²) in [7, 11) is 0. The molecule has 1 N–H and O–H groups in total. The second-order valence-corrected chi connectivity index (χ2v) is 6.15. The molecule has 0 aliphatic heterocycles. The normalized spacial score (nSPS) is 10.4. The van der Waals surface area contributed by atoms with Gasteiger partial charge in [0, 0.05) is 4.88 Å². The molecular weight excluding hydrogens is 341 g/mol. The van der Waals surface area contributed by atoms with Crippen LogP contribution in [0.15, 0.2) is 24.3 Å². The first kappa shape index (κ1) is 17.4. The Labute approximate surface area is 142 Å². The number of hydrogen-bond acceptors (Lipinski definition) is 4. The van der Waals surface area contributed by atoms with Crippen LogP contribution < -0.4 is 5.32 Å². The fourth-order valence-corrected chi connectivity index (χ4v) is 3.15. The lowest BCUT2D eigenvalue weighted by Crippen LogP contribution is -2.14. The third-order valence-electron chi connectivity index (χ3n) is 3.03. The smallest absolute Gasteiger partial charge is 0.341 e. The van der Waals surface area contributed by atoms with Gasteiger partial charge in [0.1, 0.15) is 10.8 Å². The monoisotopic (exact) mass is 355 g/mol. The standard InChI is InChI=1S/C16H15ClFNO3S/c1-3-10-8-12(16(21)22-4-2)15(23-10)19-14(20)11-6-5-9(18)7-13(11)17/h5-8H,3-4H2,1-2H3,(H,19,20). The van der Waals surface area contributed by atoms with Crippen molar-refractivity contribution in [3.8, 4) is 0 Å². The Bertz CT molecular complexity index is 745. The summed E-state index contributed by atoms with van der Waals surface area (Å²) in [6.45, 7) is 3.90. The molecular formula is C16H15ClFNO3S. The summed E-state index contributed by atoms with van der Waals surface area (Å²) >= 11 is 7.18. The zero-order valence-corrected chi connectivity index (χ0v) is 14.2. The van der Waals surface area contributed by atoms with Crippen LogP contribution >= 0.6 is 22.9 Å². The van der Waals surface area contributed by atoms with E-state index in [1.165, 1.54) is 17.4 Å². The summed E-state index contributed by atoms with van der Waals surface area (Å²) in [5.41, 5.74) is 0.439. The number of rotatable bonds is 5. The van der Waals surface area contributed by atoms with Gasteiger partial charge in [-0.25, -0.2) is 9.18 Å². The summed E-state index contributed by atoms with van der Waals surface area (Å²) in [6.07, 6.45) is 0.726. The van der Waals surface area contributed by atoms with Gasteiger partial charge < -0.3 is 10.1 Å². The Morgan fingerprint density at radius 1 is 1.26 bits per heavy atom. The van der Waals surface area contributed by atoms with Crippen LogP contribution in [0.3, 0.4) is 0 Å². The third-order valence-corrected chi connectivity index (χ3v) is 4.54. The van der Waals surface area contributed by atoms with Crippen molar-refractivity contribution in [3.63, 3.8) is 0 Å². The Morgan fingerprint density at radius 2 is 2.00 bits per heavy atom. The van der Waals surface area contributed by atoms with E-state index in [9.17, 15) is 14.0 Å². The Kier molecular flexibility index (Phi) is 5.74. The first-order chi connectivity index (χ1) is 11.0. The van der Waals surface area contributed by atoms with E-state index in [2.05, 4.69) is 5.32 Å². The van der Waals surface area contributed by atoms with Crippen LogP contribution in [0, 0.1) is 5.82 Å². The molecule has 0 unspecified atom stereocenters. The van der Waals surface area contributed by atoms with Gasteiger partial charge in [-0.2, -0.15) is 0 Å². The fraction of sp³-hybridized carbons (Fsp3) is 0.250. The molecule has 0 radical (unpaired) electrons. The van der Waals surface area contributed by atoms with Gasteiger partial charge in [0.2, 0.25) is 0 Å². The zero-order chi connectivity index (χ0) is 17.0. The first-order valence-corrected chi connectivity index (χ1v) is 8.21. The molecule has 0 spiro atoms. The lowest BCUT2D eigenvalue weighted by Gasteiger charge is -2.07. The number of anilines is 1. The molecule has 2 rings (SSSR count). The number of thiophene rings is 1. The average molecular weight is 356 g/mol. The molecule has 7 heteroatoms. The SMILES string of the molecule is CCOC(=O)c1cc(CC)sc1NC(=O)c1ccc(F)cc1Cl. The molecule has 0 fully saturated rings. The molecule has 2 aromatic rings. The molecule has 0 saturated carbocycles. The van der Waals surface area contributed by atoms with Gasteiger partial charge in [-0.05, 0) is 37.6 Å². The van der Waals surface area contributed by atoms with E-state index in [4.69, 9.17) is 16.3 Å². The second kappa shape index (κ2) is 7.57. The molecule has 0 aliphatic rings. The summed E-state index contributed by atoms with van der Waals surface area (Å²) in [6, 6.07) is 5.21. The van der Waals surface area contributed by atoms with Gasteiger partial charge in [0.25, 0.3) is 5.91 Å². The highest BCUT2D eigenvalue weighted by Gasteiger charge is 2.20. The number of amides is 1. The van der Waals surface area contributed by atoms with Crippen LogP contribution in [0.1, 0.15) is 39.4 Å². The lowest BCUT2D eigenvalue weighted by molar-refractivity contribution is 0.0528. The van der Waals surface area contributed by atoms with Crippen LogP contribution in [0.2, 0.25) is 5.02 Å². The minimum Gasteiger partial charge on any atom is -0.462 e.